The van der Waals surface area contributed by atoms with Crippen LogP contribution in [0.2, 0.25) is 0 Å². The van der Waals surface area contributed by atoms with E-state index in [2.05, 4.69) is 62.5 Å². The molecule has 0 aromatic heterocycles. The molecule has 1 aliphatic carbocycles. The third-order valence-electron chi connectivity index (χ3n) is 3.91. The van der Waals surface area contributed by atoms with Crippen molar-refractivity contribution in [3.8, 4) is 0 Å². The third kappa shape index (κ3) is 2.53. The maximum atomic E-state index is 3.36. The highest BCUT2D eigenvalue weighted by Gasteiger charge is 2.50. The molecule has 1 aromatic rings. The van der Waals surface area contributed by atoms with E-state index in [0.29, 0.717) is 11.5 Å². The first kappa shape index (κ1) is 12.6. The molecule has 0 saturated heterocycles. The predicted molar refractivity (Wildman–Crippen MR) is 73.2 cm³/mol. The molecule has 0 spiro atoms. The zero-order chi connectivity index (χ0) is 12.5. The number of aryl methyl sites for hydroxylation is 1. The van der Waals surface area contributed by atoms with Crippen molar-refractivity contribution in [3.63, 3.8) is 0 Å². The van der Waals surface area contributed by atoms with E-state index in [-0.39, 0.29) is 0 Å². The molecule has 1 aliphatic rings. The summed E-state index contributed by atoms with van der Waals surface area (Å²) < 4.78 is 0. The van der Waals surface area contributed by atoms with E-state index in [9.17, 15) is 0 Å². The van der Waals surface area contributed by atoms with Crippen molar-refractivity contribution in [2.75, 3.05) is 27.7 Å². The molecule has 1 saturated carbocycles. The Morgan fingerprint density at radius 3 is 2.24 bits per heavy atom. The summed E-state index contributed by atoms with van der Waals surface area (Å²) in [6, 6.07) is 9.56. The lowest BCUT2D eigenvalue weighted by Gasteiger charge is -2.33. The molecule has 1 aromatic carbocycles. The van der Waals surface area contributed by atoms with Gasteiger partial charge in [0.15, 0.2) is 0 Å². The van der Waals surface area contributed by atoms with Crippen LogP contribution in [-0.2, 0) is 0 Å². The lowest BCUT2D eigenvalue weighted by atomic mass is 9.88. The van der Waals surface area contributed by atoms with E-state index in [1.54, 1.807) is 0 Å². The second-order valence-corrected chi connectivity index (χ2v) is 5.67. The largest absolute Gasteiger partial charge is 0.319 e. The minimum Gasteiger partial charge on any atom is -0.319 e. The molecule has 17 heavy (non-hydrogen) atoms. The SMILES string of the molecule is CNCC1(C(c2ccc(C)cc2)N(C)C)CC1. The second-order valence-electron chi connectivity index (χ2n) is 5.67. The number of hydrogen-bond acceptors (Lipinski definition) is 2. The van der Waals surface area contributed by atoms with Crippen LogP contribution >= 0.6 is 0 Å². The van der Waals surface area contributed by atoms with Gasteiger partial charge in [-0.3, -0.25) is 0 Å². The minimum absolute atomic E-state index is 0.452. The molecule has 2 heteroatoms. The number of hydrogen-bond donors (Lipinski definition) is 1. The monoisotopic (exact) mass is 232 g/mol. The first-order valence-corrected chi connectivity index (χ1v) is 6.47. The first-order chi connectivity index (χ1) is 8.09. The molecule has 0 amide bonds. The highest BCUT2D eigenvalue weighted by atomic mass is 15.1. The molecule has 1 N–H and O–H groups in total. The van der Waals surface area contributed by atoms with Crippen molar-refractivity contribution in [1.82, 2.24) is 10.2 Å². The average Bonchev–Trinajstić information content (AvgIpc) is 3.02. The van der Waals surface area contributed by atoms with Gasteiger partial charge in [0.05, 0.1) is 0 Å². The Morgan fingerprint density at radius 2 is 1.82 bits per heavy atom. The van der Waals surface area contributed by atoms with Gasteiger partial charge in [-0.15, -0.1) is 0 Å². The van der Waals surface area contributed by atoms with Gasteiger partial charge >= 0.3 is 0 Å². The van der Waals surface area contributed by atoms with Gasteiger partial charge in [-0.2, -0.15) is 0 Å². The zero-order valence-electron chi connectivity index (χ0n) is 11.5. The van der Waals surface area contributed by atoms with E-state index in [1.165, 1.54) is 24.0 Å². The van der Waals surface area contributed by atoms with Crippen molar-refractivity contribution >= 4 is 0 Å². The fourth-order valence-electron chi connectivity index (χ4n) is 3.01. The van der Waals surface area contributed by atoms with E-state index < -0.39 is 0 Å². The Bertz CT molecular complexity index is 363. The normalized spacial score (nSPS) is 19.4. The topological polar surface area (TPSA) is 15.3 Å². The Kier molecular flexibility index (Phi) is 3.55. The second kappa shape index (κ2) is 4.79. The van der Waals surface area contributed by atoms with Crippen LogP contribution in [0.4, 0.5) is 0 Å². The summed E-state index contributed by atoms with van der Waals surface area (Å²) in [6.07, 6.45) is 2.68. The van der Waals surface area contributed by atoms with Crippen molar-refractivity contribution in [2.45, 2.75) is 25.8 Å². The van der Waals surface area contributed by atoms with Crippen LogP contribution in [0.5, 0.6) is 0 Å². The highest BCUT2D eigenvalue weighted by molar-refractivity contribution is 5.28. The summed E-state index contributed by atoms with van der Waals surface area (Å²) in [7, 11) is 6.45. The molecule has 94 valence electrons. The zero-order valence-corrected chi connectivity index (χ0v) is 11.5. The van der Waals surface area contributed by atoms with E-state index in [1.807, 2.05) is 0 Å². The van der Waals surface area contributed by atoms with Crippen LogP contribution in [0.25, 0.3) is 0 Å². The van der Waals surface area contributed by atoms with Crippen LogP contribution in [-0.4, -0.2) is 32.6 Å². The number of rotatable bonds is 5. The Labute approximate surface area is 105 Å². The smallest absolute Gasteiger partial charge is 0.0410 e. The molecule has 0 heterocycles. The molecular weight excluding hydrogens is 208 g/mol. The van der Waals surface area contributed by atoms with Gasteiger partial charge in [0.2, 0.25) is 0 Å². The fraction of sp³-hybridized carbons (Fsp3) is 0.600. The van der Waals surface area contributed by atoms with Crippen LogP contribution in [0.3, 0.4) is 0 Å². The van der Waals surface area contributed by atoms with Gasteiger partial charge in [-0.05, 0) is 46.5 Å². The summed E-state index contributed by atoms with van der Waals surface area (Å²) in [4.78, 5) is 2.37. The summed E-state index contributed by atoms with van der Waals surface area (Å²) in [5, 5.41) is 3.36. The van der Waals surface area contributed by atoms with E-state index >= 15 is 0 Å². The van der Waals surface area contributed by atoms with Gasteiger partial charge in [-0.1, -0.05) is 29.8 Å². The van der Waals surface area contributed by atoms with Crippen LogP contribution in [0.1, 0.15) is 30.0 Å². The Morgan fingerprint density at radius 1 is 1.24 bits per heavy atom. The molecule has 2 nitrogen and oxygen atoms in total. The fourth-order valence-corrected chi connectivity index (χ4v) is 3.01. The highest BCUT2D eigenvalue weighted by Crippen LogP contribution is 2.56. The molecular formula is C15H24N2. The third-order valence-corrected chi connectivity index (χ3v) is 3.91. The summed E-state index contributed by atoms with van der Waals surface area (Å²) in [6.45, 7) is 3.26. The van der Waals surface area contributed by atoms with E-state index in [0.717, 1.165) is 6.54 Å². The van der Waals surface area contributed by atoms with Crippen molar-refractivity contribution in [2.24, 2.45) is 5.41 Å². The summed E-state index contributed by atoms with van der Waals surface area (Å²) >= 11 is 0. The van der Waals surface area contributed by atoms with Crippen LogP contribution in [0.15, 0.2) is 24.3 Å². The lowest BCUT2D eigenvalue weighted by Crippen LogP contribution is -2.34. The maximum Gasteiger partial charge on any atom is 0.0410 e. The van der Waals surface area contributed by atoms with Gasteiger partial charge in [0.1, 0.15) is 0 Å². The Hall–Kier alpha value is -0.860. The molecule has 0 radical (unpaired) electrons. The predicted octanol–water partition coefficient (Wildman–Crippen LogP) is 2.60. The quantitative estimate of drug-likeness (QED) is 0.839. The molecule has 1 unspecified atom stereocenters. The number of benzene rings is 1. The van der Waals surface area contributed by atoms with Crippen LogP contribution in [0, 0.1) is 12.3 Å². The van der Waals surface area contributed by atoms with E-state index in [4.69, 9.17) is 0 Å². The number of nitrogens with zero attached hydrogens (tertiary/aromatic N) is 1. The van der Waals surface area contributed by atoms with Crippen LogP contribution < -0.4 is 5.32 Å². The van der Waals surface area contributed by atoms with Crippen molar-refractivity contribution in [1.29, 1.82) is 0 Å². The Balaban J connectivity index is 2.26. The van der Waals surface area contributed by atoms with Gasteiger partial charge < -0.3 is 10.2 Å². The van der Waals surface area contributed by atoms with Crippen molar-refractivity contribution < 1.29 is 0 Å². The van der Waals surface area contributed by atoms with Crippen molar-refractivity contribution in [3.05, 3.63) is 35.4 Å². The molecule has 0 aliphatic heterocycles. The molecule has 0 bridgehead atoms. The first-order valence-electron chi connectivity index (χ1n) is 6.47. The van der Waals surface area contributed by atoms with Gasteiger partial charge in [0, 0.05) is 18.0 Å². The van der Waals surface area contributed by atoms with Gasteiger partial charge in [0.25, 0.3) is 0 Å². The summed E-state index contributed by atoms with van der Waals surface area (Å²) in [5.74, 6) is 0. The molecule has 1 atom stereocenters. The average molecular weight is 232 g/mol. The number of nitrogens with one attached hydrogen (secondary N) is 1. The summed E-state index contributed by atoms with van der Waals surface area (Å²) in [5.41, 5.74) is 3.24. The maximum absolute atomic E-state index is 3.36. The van der Waals surface area contributed by atoms with Gasteiger partial charge in [-0.25, -0.2) is 0 Å². The standard InChI is InChI=1S/C15H24N2/c1-12-5-7-13(8-6-12)14(17(3)4)15(9-10-15)11-16-2/h5-8,14,16H,9-11H2,1-4H3. The molecule has 1 fully saturated rings. The molecule has 2 rings (SSSR count). The lowest BCUT2D eigenvalue weighted by molar-refractivity contribution is 0.191. The minimum atomic E-state index is 0.452.